The van der Waals surface area contributed by atoms with Crippen molar-refractivity contribution in [3.05, 3.63) is 176 Å². The van der Waals surface area contributed by atoms with Crippen LogP contribution in [0.15, 0.2) is 127 Å². The lowest BCUT2D eigenvalue weighted by Gasteiger charge is -2.48. The Labute approximate surface area is 664 Å². The van der Waals surface area contributed by atoms with Gasteiger partial charge in [-0.25, -0.2) is 4.79 Å². The summed E-state index contributed by atoms with van der Waals surface area (Å²) in [6.07, 6.45) is -18.9. The third kappa shape index (κ3) is 17.9. The summed E-state index contributed by atoms with van der Waals surface area (Å²) in [5.74, 6) is -16.4. The van der Waals surface area contributed by atoms with Crippen molar-refractivity contribution >= 4 is 82.1 Å². The van der Waals surface area contributed by atoms with Gasteiger partial charge in [0, 0.05) is 46.3 Å². The summed E-state index contributed by atoms with van der Waals surface area (Å²) in [4.78, 5) is 117. The van der Waals surface area contributed by atoms with Gasteiger partial charge in [-0.3, -0.25) is 33.6 Å². The highest BCUT2D eigenvalue weighted by Gasteiger charge is 2.52. The number of carboxylic acid groups (broad SMARTS) is 1. The maximum Gasteiger partial charge on any atom is 0.330 e. The van der Waals surface area contributed by atoms with Gasteiger partial charge >= 0.3 is 5.97 Å². The minimum Gasteiger partial charge on any atom is -0.508 e. The Morgan fingerprint density at radius 2 is 1.25 bits per heavy atom. The number of benzene rings is 7. The Hall–Kier alpha value is -10.5. The fourth-order valence-corrected chi connectivity index (χ4v) is 14.8. The summed E-state index contributed by atoms with van der Waals surface area (Å²) in [5.41, 5.74) is 10.5. The number of aliphatic carboxylic acids is 1. The molecule has 7 heterocycles. The van der Waals surface area contributed by atoms with Crippen molar-refractivity contribution in [2.24, 2.45) is 17.4 Å². The van der Waals surface area contributed by atoms with Gasteiger partial charge in [0.2, 0.25) is 53.4 Å². The van der Waals surface area contributed by atoms with E-state index in [-0.39, 0.29) is 52.8 Å². The molecule has 7 aliphatic rings. The van der Waals surface area contributed by atoms with E-state index < -0.39 is 237 Å². The van der Waals surface area contributed by atoms with Gasteiger partial charge in [-0.1, -0.05) is 103 Å². The zero-order chi connectivity index (χ0) is 82.2. The Morgan fingerprint density at radius 1 is 0.658 bits per heavy atom. The van der Waals surface area contributed by atoms with Gasteiger partial charge in [-0.2, -0.15) is 0 Å². The molecular weight excluding hydrogens is 1550 g/mol. The predicted molar refractivity (Wildman–Crippen MR) is 404 cm³/mol. The first-order valence-corrected chi connectivity index (χ1v) is 37.0. The monoisotopic (exact) mass is 1630 g/mol. The van der Waals surface area contributed by atoms with E-state index in [4.69, 9.17) is 74.7 Å². The number of halogens is 3. The third-order valence-corrected chi connectivity index (χ3v) is 21.1. The zero-order valence-electron chi connectivity index (χ0n) is 61.0. The predicted octanol–water partition coefficient (Wildman–Crippen LogP) is 4.00. The summed E-state index contributed by atoms with van der Waals surface area (Å²) in [6, 6.07) is 13.8. The third-order valence-electron chi connectivity index (χ3n) is 20.3. The first kappa shape index (κ1) is 83.0. The normalized spacial score (nSPS) is 27.4. The van der Waals surface area contributed by atoms with E-state index in [1.54, 1.807) is 39.8 Å². The number of hydrogen-bond donors (Lipinski definition) is 19. The van der Waals surface area contributed by atoms with Gasteiger partial charge in [0.1, 0.15) is 89.5 Å². The van der Waals surface area contributed by atoms with Crippen LogP contribution in [0.25, 0.3) is 22.3 Å². The molecule has 21 N–H and O–H groups in total. The molecule has 3 unspecified atom stereocenters. The number of carbonyl (C=O) groups excluding carboxylic acids is 7. The van der Waals surface area contributed by atoms with Crippen LogP contribution in [0.4, 0.5) is 0 Å². The minimum absolute atomic E-state index is 0.0681. The second kappa shape index (κ2) is 34.3. The zero-order valence-corrected chi connectivity index (χ0v) is 63.3. The number of carbonyl (C=O) groups is 8. The first-order valence-electron chi connectivity index (χ1n) is 35.9. The first-order chi connectivity index (χ1) is 54.1. The maximum atomic E-state index is 16.2. The molecule has 7 aromatic carbocycles. The van der Waals surface area contributed by atoms with Crippen LogP contribution in [0.2, 0.25) is 15.1 Å². The molecule has 11 bridgehead atoms. The van der Waals surface area contributed by atoms with Crippen molar-refractivity contribution in [2.75, 3.05) is 6.61 Å². The minimum atomic E-state index is -2.37. The summed E-state index contributed by atoms with van der Waals surface area (Å²) in [6.45, 7) is 6.02. The van der Waals surface area contributed by atoms with Crippen LogP contribution in [0.1, 0.15) is 111 Å². The number of aromatic hydroxyl groups is 3. The molecule has 7 aromatic rings. The van der Waals surface area contributed by atoms with E-state index in [9.17, 15) is 75.0 Å². The number of fused-ring (bicyclic) bond motifs is 15. The van der Waals surface area contributed by atoms with Gasteiger partial charge in [-0.15, -0.1) is 0 Å². The van der Waals surface area contributed by atoms with E-state index in [2.05, 4.69) is 37.2 Å². The van der Waals surface area contributed by atoms with Gasteiger partial charge in [0.15, 0.2) is 29.9 Å². The van der Waals surface area contributed by atoms with E-state index in [0.29, 0.717) is 5.02 Å². The SMILES string of the molecule is CC(C)C[C@H](N)C(=O)N[C@H]1C(=O)N[C@@H](CC(N)=O)C(=O)N[C@H]2C(=O)N[C@H]3C(=O)NC(C(=O)N[C@H](C(=O)O)c4cc(O)cc(O)c4-c4cc3ccc4O)[C@H](O)c3ccc(c(Cl)c3)Oc3cc2cc(c3OC2O[C@H](CO)[C@@H](O)[C@H](O)C2O[C@H]2C[C@](C)(NCc3ccc(-c4ccc(Cl)cc4)cc3)[C@H](O)[C@H](C)O2)Oc2ccc(cc2Cl)[C@H]1O. The van der Waals surface area contributed by atoms with Crippen molar-refractivity contribution in [1.82, 2.24) is 37.2 Å². The number of aliphatic hydroxyl groups is 6. The quantitative estimate of drug-likeness (QED) is 0.0650. The fourth-order valence-electron chi connectivity index (χ4n) is 14.2. The van der Waals surface area contributed by atoms with Crippen LogP contribution in [0.3, 0.4) is 0 Å². The van der Waals surface area contributed by atoms with Crippen LogP contribution in [-0.2, 0) is 59.1 Å². The van der Waals surface area contributed by atoms with Crippen LogP contribution >= 0.6 is 34.8 Å². The second-order valence-corrected chi connectivity index (χ2v) is 30.2. The molecule has 2 fully saturated rings. The lowest BCUT2D eigenvalue weighted by molar-refractivity contribution is -0.334. The number of nitrogens with one attached hydrogen (secondary N) is 7. The van der Waals surface area contributed by atoms with Crippen LogP contribution in [0, 0.1) is 5.92 Å². The Bertz CT molecular complexity index is 4870. The van der Waals surface area contributed by atoms with Gasteiger partial charge in [-0.05, 0) is 132 Å². The number of hydrogen-bond acceptors (Lipinski definition) is 25. The molecule has 604 valence electrons. The summed E-state index contributed by atoms with van der Waals surface area (Å²) in [5, 5.41) is 134. The molecule has 0 radical (unpaired) electrons. The number of aliphatic hydroxyl groups excluding tert-OH is 6. The molecule has 33 nitrogen and oxygen atoms in total. The van der Waals surface area contributed by atoms with Crippen LogP contribution in [-0.4, -0.2) is 184 Å². The summed E-state index contributed by atoms with van der Waals surface area (Å²) in [7, 11) is 0. The molecule has 7 aliphatic heterocycles. The largest absolute Gasteiger partial charge is 0.508 e. The Kier molecular flexibility index (Phi) is 25.0. The molecule has 0 saturated carbocycles. The Morgan fingerprint density at radius 3 is 1.86 bits per heavy atom. The van der Waals surface area contributed by atoms with E-state index in [0.717, 1.165) is 83.4 Å². The molecule has 36 heteroatoms. The van der Waals surface area contributed by atoms with Crippen LogP contribution < -0.4 is 62.9 Å². The average Bonchev–Trinajstić information content (AvgIpc) is 0.770. The topological polar surface area (TPSA) is 530 Å². The highest BCUT2D eigenvalue weighted by atomic mass is 35.5. The number of amides is 7. The molecule has 0 aromatic heterocycles. The molecular formula is C78H82Cl3N9O24. The molecule has 14 rings (SSSR count). The van der Waals surface area contributed by atoms with Crippen molar-refractivity contribution < 1.29 is 118 Å². The fraction of sp³-hybridized carbons (Fsp3) is 0.359. The molecule has 7 amide bonds. The lowest BCUT2D eigenvalue weighted by atomic mass is 9.84. The summed E-state index contributed by atoms with van der Waals surface area (Å²) >= 11 is 20.4. The lowest BCUT2D eigenvalue weighted by Crippen LogP contribution is -2.65. The van der Waals surface area contributed by atoms with Gasteiger partial charge in [0.25, 0.3) is 0 Å². The highest BCUT2D eigenvalue weighted by Crippen LogP contribution is 2.50. The molecule has 2 saturated heterocycles. The number of ether oxygens (including phenoxy) is 6. The van der Waals surface area contributed by atoms with Crippen LogP contribution in [0.5, 0.6) is 46.0 Å². The maximum absolute atomic E-state index is 16.2. The van der Waals surface area contributed by atoms with E-state index >= 15 is 14.4 Å². The van der Waals surface area contributed by atoms with Crippen molar-refractivity contribution in [3.8, 4) is 68.2 Å². The Balaban J connectivity index is 1.04. The van der Waals surface area contributed by atoms with E-state index in [1.807, 2.05) is 36.4 Å². The van der Waals surface area contributed by atoms with Crippen molar-refractivity contribution in [2.45, 2.75) is 163 Å². The van der Waals surface area contributed by atoms with Crippen molar-refractivity contribution in [3.63, 3.8) is 0 Å². The number of nitrogens with two attached hydrogens (primary N) is 2. The molecule has 0 spiro atoms. The number of primary amides is 1. The molecule has 0 aliphatic carbocycles. The summed E-state index contributed by atoms with van der Waals surface area (Å²) < 4.78 is 39.4. The van der Waals surface area contributed by atoms with E-state index in [1.165, 1.54) is 12.1 Å². The van der Waals surface area contributed by atoms with Gasteiger partial charge < -0.3 is 128 Å². The highest BCUT2D eigenvalue weighted by molar-refractivity contribution is 6.32. The van der Waals surface area contributed by atoms with Gasteiger partial charge in [0.05, 0.1) is 41.3 Å². The average molecular weight is 1640 g/mol. The van der Waals surface area contributed by atoms with Crippen molar-refractivity contribution in [1.29, 1.82) is 0 Å². The number of carboxylic acids is 1. The number of rotatable bonds is 16. The smallest absolute Gasteiger partial charge is 0.330 e. The molecule has 114 heavy (non-hydrogen) atoms. The molecule has 18 atom stereocenters. The number of phenols is 3. The number of phenolic OH excluding ortho intramolecular Hbond substituents is 3. The standard InChI is InChI=1S/C78H82Cl3N9O24/c1-31(2)19-46(82)70(101)89-61-63(96)37-12-17-50(44(80)21-37)110-52-23-39-24-53(67(52)114-77-68(66(99)65(98)54(30-91)112-77)113-56-28-78(4,69(100)32(3)109-56)84-29-33-5-7-34(8-6-33)35-9-14-40(79)15-10-35)111-51-18-13-38(22-45(51)81)64(97)62-75(106)88-60(76(107)108)43-25-41(92)26-49(94)57(43)42-20-36(11-16-48(42)93)58(72(103)90-62)87-73(104)59(39)86-71(102)47(27-55(83)95)85-74(61)105/h5-18,20-26,31-32,46-47,54,56,58-66,68-69,77,84,91-94,96-100H,19,27-30,82H2,1-4H3,(H2,83,95)(H,85,105)(H,86,102)(H,87,104)(H,88,106)(H,89,101)(H,90,103)(H,107,108)/t32-,46-,47-,54+,56-,58+,59+,60-,61+,62?,63+,64+,65+,66-,68?,69+,77?,78-/m0/s1. The second-order valence-electron chi connectivity index (χ2n) is 28.9.